The normalized spacial score (nSPS) is 22.6. The fourth-order valence-electron chi connectivity index (χ4n) is 5.52. The molecule has 18 heteroatoms. The van der Waals surface area contributed by atoms with Crippen LogP contribution in [0.2, 0.25) is 0 Å². The quantitative estimate of drug-likeness (QED) is 0.118. The second-order valence-corrected chi connectivity index (χ2v) is 14.6. The van der Waals surface area contributed by atoms with E-state index in [9.17, 15) is 18.9 Å². The summed E-state index contributed by atoms with van der Waals surface area (Å²) in [7, 11) is -3.22. The number of esters is 1. The van der Waals surface area contributed by atoms with Gasteiger partial charge >= 0.3 is 26.0 Å². The minimum absolute atomic E-state index is 0.0795. The Labute approximate surface area is 286 Å². The van der Waals surface area contributed by atoms with Gasteiger partial charge in [-0.25, -0.2) is 29.1 Å². The van der Waals surface area contributed by atoms with Gasteiger partial charge in [0.25, 0.3) is 0 Å². The van der Waals surface area contributed by atoms with Crippen molar-refractivity contribution in [2.24, 2.45) is 5.41 Å². The summed E-state index contributed by atoms with van der Waals surface area (Å²) in [5.74, 6) is -0.347. The van der Waals surface area contributed by atoms with E-state index in [1.54, 1.807) is 25.1 Å². The monoisotopic (exact) mass is 712 g/mol. The molecule has 4 aromatic rings. The summed E-state index contributed by atoms with van der Waals surface area (Å²) >= 11 is 0. The maximum Gasteiger partial charge on any atom is 0.509 e. The van der Waals surface area contributed by atoms with Gasteiger partial charge in [0.1, 0.15) is 24.2 Å². The summed E-state index contributed by atoms with van der Waals surface area (Å²) in [5.41, 5.74) is 0.144. The topological polar surface area (TPSA) is 201 Å². The van der Waals surface area contributed by atoms with Crippen LogP contribution >= 0.6 is 7.75 Å². The van der Waals surface area contributed by atoms with E-state index in [0.29, 0.717) is 5.39 Å². The van der Waals surface area contributed by atoms with Crippen LogP contribution in [0, 0.1) is 5.41 Å². The number of aromatic nitrogens is 4. The van der Waals surface area contributed by atoms with Crippen molar-refractivity contribution < 1.29 is 51.7 Å². The molecular weight excluding hydrogens is 675 g/mol. The molecule has 2 saturated heterocycles. The maximum atomic E-state index is 14.7. The number of methoxy groups -OCH3 is 1. The molecular formula is C32H37N6O11P. The zero-order valence-electron chi connectivity index (χ0n) is 28.1. The number of ether oxygens (including phenoxy) is 5. The molecule has 2 N–H and O–H groups in total. The minimum atomic E-state index is -4.43. The van der Waals surface area contributed by atoms with E-state index in [1.807, 2.05) is 45.0 Å². The van der Waals surface area contributed by atoms with Gasteiger partial charge in [-0.05, 0) is 30.7 Å². The van der Waals surface area contributed by atoms with E-state index in [-0.39, 0.29) is 34.8 Å². The summed E-state index contributed by atoms with van der Waals surface area (Å²) in [6, 6.07) is 11.5. The molecule has 2 aromatic carbocycles. The molecule has 0 radical (unpaired) electrons. The van der Waals surface area contributed by atoms with Crippen LogP contribution < -0.4 is 14.9 Å². The van der Waals surface area contributed by atoms with Crippen LogP contribution in [0.15, 0.2) is 55.1 Å². The van der Waals surface area contributed by atoms with Gasteiger partial charge in [0.05, 0.1) is 26.1 Å². The maximum absolute atomic E-state index is 14.7. The number of imidazole rings is 1. The Morgan fingerprint density at radius 2 is 1.78 bits per heavy atom. The largest absolute Gasteiger partial charge is 0.509 e. The Balaban J connectivity index is 1.28. The smallest absolute Gasteiger partial charge is 0.464 e. The van der Waals surface area contributed by atoms with Crippen molar-refractivity contribution in [2.75, 3.05) is 19.0 Å². The highest BCUT2D eigenvalue weighted by atomic mass is 31.2. The molecule has 17 nitrogen and oxygen atoms in total. The molecule has 6 rings (SSSR count). The molecule has 2 aromatic heterocycles. The fourth-order valence-corrected chi connectivity index (χ4v) is 7.23. The number of carbonyl (C=O) groups is 3. The van der Waals surface area contributed by atoms with Gasteiger partial charge in [0, 0.05) is 5.39 Å². The molecule has 2 fully saturated rings. The predicted octanol–water partition coefficient (Wildman–Crippen LogP) is 5.12. The van der Waals surface area contributed by atoms with Crippen LogP contribution in [0.5, 0.6) is 5.75 Å². The van der Waals surface area contributed by atoms with Crippen LogP contribution in [0.25, 0.3) is 21.9 Å². The van der Waals surface area contributed by atoms with Crippen molar-refractivity contribution in [1.82, 2.24) is 24.6 Å². The van der Waals surface area contributed by atoms with Gasteiger partial charge in [-0.15, -0.1) is 0 Å². The highest BCUT2D eigenvalue weighted by Gasteiger charge is 2.58. The Bertz CT molecular complexity index is 1960. The highest BCUT2D eigenvalue weighted by molar-refractivity contribution is 7.52. The lowest BCUT2D eigenvalue weighted by molar-refractivity contribution is -0.148. The molecule has 0 aliphatic carbocycles. The number of nitrogens with one attached hydrogen (secondary N) is 2. The lowest BCUT2D eigenvalue weighted by Gasteiger charge is -2.29. The van der Waals surface area contributed by atoms with E-state index in [4.69, 9.17) is 28.0 Å². The first-order chi connectivity index (χ1) is 23.7. The third-order valence-electron chi connectivity index (χ3n) is 7.82. The van der Waals surface area contributed by atoms with Gasteiger partial charge < -0.3 is 28.2 Å². The van der Waals surface area contributed by atoms with Crippen LogP contribution in [0.3, 0.4) is 0 Å². The summed E-state index contributed by atoms with van der Waals surface area (Å²) < 4.78 is 55.8. The van der Waals surface area contributed by atoms with Gasteiger partial charge in [0.15, 0.2) is 35.4 Å². The number of fused-ring (bicyclic) bond motifs is 3. The van der Waals surface area contributed by atoms with Gasteiger partial charge in [0.2, 0.25) is 0 Å². The zero-order valence-corrected chi connectivity index (χ0v) is 29.0. The van der Waals surface area contributed by atoms with E-state index in [0.717, 1.165) is 5.39 Å². The SMILES string of the molecule is COC(=O)Nc1ncnc2c1ncn2[C@@H]1O[C@H]([C@H](C)OP(=O)(N[C@@H](C)C(=O)OCC(C)(C)C)Oc2cccc3ccccc23)[C@H]2OC(=O)O[C@H]21. The second kappa shape index (κ2) is 13.8. The Morgan fingerprint density at radius 1 is 1.04 bits per heavy atom. The minimum Gasteiger partial charge on any atom is -0.464 e. The van der Waals surface area contributed by atoms with Crippen LogP contribution in [0.4, 0.5) is 15.4 Å². The molecule has 2 aliphatic rings. The zero-order chi connectivity index (χ0) is 35.8. The number of rotatable bonds is 11. The van der Waals surface area contributed by atoms with E-state index in [2.05, 4.69) is 30.1 Å². The molecule has 0 saturated carbocycles. The fraction of sp³-hybridized carbons (Fsp3) is 0.438. The van der Waals surface area contributed by atoms with Gasteiger partial charge in [-0.1, -0.05) is 57.2 Å². The molecule has 0 spiro atoms. The third-order valence-corrected chi connectivity index (χ3v) is 9.57. The summed E-state index contributed by atoms with van der Waals surface area (Å²) in [6.07, 6.45) is -4.32. The molecule has 1 unspecified atom stereocenters. The molecule has 1 amide bonds. The number of hydrogen-bond donors (Lipinski definition) is 2. The number of carbonyl (C=O) groups excluding carboxylic acids is 3. The standard InChI is InChI=1S/C32H37N6O11P/c1-17(29(39)44-14-32(3,4)5)37-50(42,49-21-13-9-11-19-10-7-8-12-20(19)21)48-18(2)23-24-25(47-31(41)46-24)28(45-23)38-16-35-22-26(36-30(40)43-6)33-15-34-27(22)38/h7-13,15-18,23-25,28H,14H2,1-6H3,(H,37,42)(H,33,34,36,40)/t17-,18-,23+,24+,25+,28+,50?/m0/s1. The first-order valence-corrected chi connectivity index (χ1v) is 17.2. The number of amides is 1. The Kier molecular flexibility index (Phi) is 9.68. The first kappa shape index (κ1) is 35.0. The molecule has 2 aliphatic heterocycles. The van der Waals surface area contributed by atoms with E-state index in [1.165, 1.54) is 31.3 Å². The summed E-state index contributed by atoms with van der Waals surface area (Å²) in [6.45, 7) is 8.92. The number of anilines is 1. The lowest BCUT2D eigenvalue weighted by atomic mass is 9.99. The van der Waals surface area contributed by atoms with Crippen molar-refractivity contribution in [3.63, 3.8) is 0 Å². The predicted molar refractivity (Wildman–Crippen MR) is 176 cm³/mol. The van der Waals surface area contributed by atoms with E-state index < -0.39 is 62.7 Å². The Hall–Kier alpha value is -4.83. The van der Waals surface area contributed by atoms with Crippen molar-refractivity contribution in [2.45, 2.75) is 71.3 Å². The number of benzene rings is 2. The second-order valence-electron chi connectivity index (χ2n) is 13.0. The highest BCUT2D eigenvalue weighted by Crippen LogP contribution is 2.50. The number of hydrogen-bond acceptors (Lipinski definition) is 14. The molecule has 7 atom stereocenters. The van der Waals surface area contributed by atoms with Crippen molar-refractivity contribution >= 4 is 53.7 Å². The van der Waals surface area contributed by atoms with Crippen molar-refractivity contribution in [3.8, 4) is 5.75 Å². The third kappa shape index (κ3) is 7.35. The van der Waals surface area contributed by atoms with Gasteiger partial charge in [-0.3, -0.25) is 19.2 Å². The summed E-state index contributed by atoms with van der Waals surface area (Å²) in [4.78, 5) is 49.9. The number of nitrogens with zero attached hydrogens (tertiary/aromatic N) is 4. The molecule has 4 heterocycles. The Morgan fingerprint density at radius 3 is 2.54 bits per heavy atom. The van der Waals surface area contributed by atoms with Crippen molar-refractivity contribution in [1.29, 1.82) is 0 Å². The van der Waals surface area contributed by atoms with Gasteiger partial charge in [-0.2, -0.15) is 5.09 Å². The molecule has 266 valence electrons. The van der Waals surface area contributed by atoms with Crippen LogP contribution in [-0.4, -0.2) is 81.9 Å². The molecule has 0 bridgehead atoms. The first-order valence-electron chi connectivity index (χ1n) is 15.7. The average molecular weight is 713 g/mol. The average Bonchev–Trinajstić information content (AvgIpc) is 3.76. The summed E-state index contributed by atoms with van der Waals surface area (Å²) in [5, 5.41) is 6.67. The van der Waals surface area contributed by atoms with Crippen molar-refractivity contribution in [3.05, 3.63) is 55.1 Å². The van der Waals surface area contributed by atoms with Crippen LogP contribution in [-0.2, 0) is 37.6 Å². The molecule has 50 heavy (non-hydrogen) atoms. The van der Waals surface area contributed by atoms with E-state index >= 15 is 0 Å². The lowest BCUT2D eigenvalue weighted by Crippen LogP contribution is -2.41. The van der Waals surface area contributed by atoms with Crippen LogP contribution in [0.1, 0.15) is 40.8 Å².